The molecule has 0 saturated carbocycles. The van der Waals surface area contributed by atoms with Gasteiger partial charge in [-0.1, -0.05) is 41.7 Å². The van der Waals surface area contributed by atoms with Crippen molar-refractivity contribution in [3.8, 4) is 0 Å². The zero-order valence-electron chi connectivity index (χ0n) is 8.23. The van der Waals surface area contributed by atoms with Crippen molar-refractivity contribution in [3.63, 3.8) is 0 Å². The molecule has 1 unspecified atom stereocenters. The molecular weight excluding hydrogens is 256 g/mol. The zero-order valence-corrected chi connectivity index (χ0v) is 10.5. The Hall–Kier alpha value is -0.150. The molecule has 0 radical (unpaired) electrons. The topological polar surface area (TPSA) is 32.3 Å². The highest BCUT2D eigenvalue weighted by molar-refractivity contribution is 6.41. The summed E-state index contributed by atoms with van der Waals surface area (Å²) in [6, 6.07) is 3.21. The first-order valence-corrected chi connectivity index (χ1v) is 5.74. The summed E-state index contributed by atoms with van der Waals surface area (Å²) in [7, 11) is 0. The summed E-state index contributed by atoms with van der Waals surface area (Å²) in [6.07, 6.45) is 0.267. The Balaban J connectivity index is 2.77. The highest BCUT2D eigenvalue weighted by Crippen LogP contribution is 2.33. The van der Waals surface area contributed by atoms with Crippen LogP contribution in [-0.4, -0.2) is 17.8 Å². The van der Waals surface area contributed by atoms with E-state index in [1.165, 1.54) is 0 Å². The minimum Gasteiger partial charge on any atom is -0.391 e. The molecule has 1 atom stereocenters. The lowest BCUT2D eigenvalue weighted by Gasteiger charge is -2.13. The Kier molecular flexibility index (Phi) is 5.00. The fourth-order valence-electron chi connectivity index (χ4n) is 1.08. The Morgan fingerprint density at radius 1 is 1.27 bits per heavy atom. The monoisotopic (exact) mass is 267 g/mol. The molecule has 15 heavy (non-hydrogen) atoms. The number of hydrogen-bond donors (Lipinski definition) is 2. The summed E-state index contributed by atoms with van der Waals surface area (Å²) >= 11 is 17.7. The van der Waals surface area contributed by atoms with Crippen LogP contribution < -0.4 is 5.32 Å². The van der Waals surface area contributed by atoms with E-state index in [9.17, 15) is 5.11 Å². The lowest BCUT2D eigenvalue weighted by Crippen LogP contribution is -2.18. The van der Waals surface area contributed by atoms with Crippen LogP contribution >= 0.6 is 34.8 Å². The first kappa shape index (κ1) is 12.9. The third kappa shape index (κ3) is 3.72. The van der Waals surface area contributed by atoms with Gasteiger partial charge in [-0.05, 0) is 18.6 Å². The first-order chi connectivity index (χ1) is 7.04. The van der Waals surface area contributed by atoms with Crippen molar-refractivity contribution in [2.45, 2.75) is 19.4 Å². The molecule has 2 N–H and O–H groups in total. The van der Waals surface area contributed by atoms with Gasteiger partial charge in [0.1, 0.15) is 0 Å². The average Bonchev–Trinajstić information content (AvgIpc) is 2.15. The molecule has 0 heterocycles. The van der Waals surface area contributed by atoms with Gasteiger partial charge in [0.15, 0.2) is 0 Å². The number of anilines is 1. The SMILES string of the molecule is CCC(O)CNc1c(Cl)cc(Cl)cc1Cl. The van der Waals surface area contributed by atoms with E-state index in [-0.39, 0.29) is 0 Å². The maximum absolute atomic E-state index is 9.38. The van der Waals surface area contributed by atoms with Crippen molar-refractivity contribution >= 4 is 40.5 Å². The lowest BCUT2D eigenvalue weighted by molar-refractivity contribution is 0.183. The molecule has 0 aromatic heterocycles. The number of benzene rings is 1. The highest BCUT2D eigenvalue weighted by atomic mass is 35.5. The van der Waals surface area contributed by atoms with Crippen LogP contribution in [0, 0.1) is 0 Å². The van der Waals surface area contributed by atoms with Crippen LogP contribution in [0.25, 0.3) is 0 Å². The summed E-state index contributed by atoms with van der Waals surface area (Å²) in [6.45, 7) is 2.31. The van der Waals surface area contributed by atoms with Crippen molar-refractivity contribution < 1.29 is 5.11 Å². The number of hydrogen-bond acceptors (Lipinski definition) is 2. The fourth-order valence-corrected chi connectivity index (χ4v) is 2.03. The Morgan fingerprint density at radius 2 is 1.80 bits per heavy atom. The third-order valence-corrected chi connectivity index (χ3v) is 2.81. The molecule has 0 aliphatic carbocycles. The minimum atomic E-state index is -0.409. The van der Waals surface area contributed by atoms with Gasteiger partial charge in [-0.2, -0.15) is 0 Å². The summed E-state index contributed by atoms with van der Waals surface area (Å²) in [5, 5.41) is 13.8. The minimum absolute atomic E-state index is 0.409. The van der Waals surface area contributed by atoms with E-state index in [1.54, 1.807) is 12.1 Å². The van der Waals surface area contributed by atoms with Crippen LogP contribution in [0.5, 0.6) is 0 Å². The Morgan fingerprint density at radius 3 is 2.27 bits per heavy atom. The molecule has 84 valence electrons. The maximum atomic E-state index is 9.38. The molecule has 0 amide bonds. The standard InChI is InChI=1S/C10H12Cl3NO/c1-2-7(15)5-14-10-8(12)3-6(11)4-9(10)13/h3-4,7,14-15H,2,5H2,1H3. The second kappa shape index (κ2) is 5.80. The van der Waals surface area contributed by atoms with Crippen molar-refractivity contribution in [1.29, 1.82) is 0 Å². The third-order valence-electron chi connectivity index (χ3n) is 1.99. The van der Waals surface area contributed by atoms with Crippen LogP contribution in [-0.2, 0) is 0 Å². The number of halogens is 3. The van der Waals surface area contributed by atoms with Gasteiger partial charge in [0.05, 0.1) is 21.8 Å². The van der Waals surface area contributed by atoms with Gasteiger partial charge < -0.3 is 10.4 Å². The lowest BCUT2D eigenvalue weighted by atomic mass is 10.2. The van der Waals surface area contributed by atoms with Crippen molar-refractivity contribution in [3.05, 3.63) is 27.2 Å². The number of aliphatic hydroxyl groups is 1. The second-order valence-corrected chi connectivity index (χ2v) is 4.44. The number of aliphatic hydroxyl groups excluding tert-OH is 1. The summed E-state index contributed by atoms with van der Waals surface area (Å²) in [4.78, 5) is 0. The summed E-state index contributed by atoms with van der Waals surface area (Å²) in [5.41, 5.74) is 0.607. The van der Waals surface area contributed by atoms with E-state index in [2.05, 4.69) is 5.32 Å². The van der Waals surface area contributed by atoms with E-state index in [4.69, 9.17) is 34.8 Å². The Bertz CT molecular complexity index is 320. The quantitative estimate of drug-likeness (QED) is 0.870. The molecule has 5 heteroatoms. The second-order valence-electron chi connectivity index (χ2n) is 3.19. The average molecular weight is 269 g/mol. The van der Waals surface area contributed by atoms with Gasteiger partial charge in [-0.25, -0.2) is 0 Å². The molecule has 0 aliphatic rings. The van der Waals surface area contributed by atoms with E-state index in [0.29, 0.717) is 33.7 Å². The largest absolute Gasteiger partial charge is 0.391 e. The first-order valence-electron chi connectivity index (χ1n) is 4.61. The van der Waals surface area contributed by atoms with E-state index in [1.807, 2.05) is 6.92 Å². The number of rotatable bonds is 4. The van der Waals surface area contributed by atoms with Crippen LogP contribution in [0.4, 0.5) is 5.69 Å². The fraction of sp³-hybridized carbons (Fsp3) is 0.400. The number of nitrogens with one attached hydrogen (secondary N) is 1. The van der Waals surface area contributed by atoms with E-state index < -0.39 is 6.10 Å². The van der Waals surface area contributed by atoms with Crippen molar-refractivity contribution in [2.24, 2.45) is 0 Å². The molecule has 1 rings (SSSR count). The van der Waals surface area contributed by atoms with Crippen molar-refractivity contribution in [1.82, 2.24) is 0 Å². The van der Waals surface area contributed by atoms with Crippen molar-refractivity contribution in [2.75, 3.05) is 11.9 Å². The molecule has 0 aliphatic heterocycles. The molecule has 0 fully saturated rings. The molecular formula is C10H12Cl3NO. The molecule has 0 bridgehead atoms. The smallest absolute Gasteiger partial charge is 0.0720 e. The van der Waals surface area contributed by atoms with Crippen LogP contribution in [0.2, 0.25) is 15.1 Å². The predicted octanol–water partition coefficient (Wildman–Crippen LogP) is 3.83. The molecule has 1 aromatic rings. The van der Waals surface area contributed by atoms with Crippen LogP contribution in [0.3, 0.4) is 0 Å². The van der Waals surface area contributed by atoms with Gasteiger partial charge in [-0.15, -0.1) is 0 Å². The van der Waals surface area contributed by atoms with Gasteiger partial charge in [-0.3, -0.25) is 0 Å². The van der Waals surface area contributed by atoms with E-state index >= 15 is 0 Å². The maximum Gasteiger partial charge on any atom is 0.0720 e. The molecule has 0 saturated heterocycles. The van der Waals surface area contributed by atoms with Gasteiger partial charge in [0.25, 0.3) is 0 Å². The highest BCUT2D eigenvalue weighted by Gasteiger charge is 2.08. The summed E-state index contributed by atoms with van der Waals surface area (Å²) < 4.78 is 0. The Labute approximate surface area is 104 Å². The van der Waals surface area contributed by atoms with E-state index in [0.717, 1.165) is 0 Å². The van der Waals surface area contributed by atoms with Gasteiger partial charge in [0, 0.05) is 11.6 Å². The molecule has 2 nitrogen and oxygen atoms in total. The molecule has 1 aromatic carbocycles. The molecule has 0 spiro atoms. The van der Waals surface area contributed by atoms with Gasteiger partial charge in [0.2, 0.25) is 0 Å². The summed E-state index contributed by atoms with van der Waals surface area (Å²) in [5.74, 6) is 0. The van der Waals surface area contributed by atoms with Gasteiger partial charge >= 0.3 is 0 Å². The van der Waals surface area contributed by atoms with Crippen LogP contribution in [0.15, 0.2) is 12.1 Å². The zero-order chi connectivity index (χ0) is 11.4. The predicted molar refractivity (Wildman–Crippen MR) is 66.3 cm³/mol. The normalized spacial score (nSPS) is 12.6. The van der Waals surface area contributed by atoms with Crippen LogP contribution in [0.1, 0.15) is 13.3 Å².